The molecule has 0 heterocycles. The van der Waals surface area contributed by atoms with Crippen molar-refractivity contribution in [1.29, 1.82) is 0 Å². The average molecular weight is 527 g/mol. The average Bonchev–Trinajstić information content (AvgIpc) is 2.87. The number of ether oxygens (including phenoxy) is 9. The lowest BCUT2D eigenvalue weighted by molar-refractivity contribution is -0.0246. The molecule has 0 aliphatic carbocycles. The Morgan fingerprint density at radius 2 is 0.657 bits per heavy atom. The van der Waals surface area contributed by atoms with E-state index >= 15 is 0 Å². The van der Waals surface area contributed by atoms with Gasteiger partial charge in [0, 0.05) is 12.5 Å². The number of halogens is 1. The molecule has 0 atom stereocenters. The lowest BCUT2D eigenvalue weighted by atomic mass is 10.2. The third-order valence-electron chi connectivity index (χ3n) is 4.33. The molecule has 0 saturated heterocycles. The first-order chi connectivity index (χ1) is 17.4. The predicted octanol–water partition coefficient (Wildman–Crippen LogP) is 2.57. The molecule has 0 unspecified atom stereocenters. The molecule has 208 valence electrons. The fourth-order valence-electron chi connectivity index (χ4n) is 2.54. The summed E-state index contributed by atoms with van der Waals surface area (Å²) >= 11 is 5.64. The Kier molecular flexibility index (Phi) is 33.0. The number of unbranched alkanes of at least 4 members (excludes halogenated alkanes) is 3. The van der Waals surface area contributed by atoms with Gasteiger partial charge in [-0.3, -0.25) is 0 Å². The first-order valence-electron chi connectivity index (χ1n) is 12.6. The molecular formula is C25H47ClO9. The van der Waals surface area contributed by atoms with Crippen LogP contribution >= 0.6 is 11.6 Å². The Bertz CT molecular complexity index is 424. The van der Waals surface area contributed by atoms with Crippen molar-refractivity contribution in [2.24, 2.45) is 0 Å². The van der Waals surface area contributed by atoms with Crippen molar-refractivity contribution in [2.75, 3.05) is 125 Å². The quantitative estimate of drug-likeness (QED) is 0.0768. The topological polar surface area (TPSA) is 83.1 Å². The molecule has 0 aliphatic rings. The molecule has 0 aliphatic heterocycles. The van der Waals surface area contributed by atoms with Gasteiger partial charge in [-0.15, -0.1) is 18.0 Å². The van der Waals surface area contributed by atoms with Gasteiger partial charge >= 0.3 is 0 Å². The van der Waals surface area contributed by atoms with Gasteiger partial charge < -0.3 is 42.6 Å². The first kappa shape index (κ1) is 34.5. The predicted molar refractivity (Wildman–Crippen MR) is 135 cm³/mol. The molecule has 35 heavy (non-hydrogen) atoms. The van der Waals surface area contributed by atoms with Crippen molar-refractivity contribution in [3.05, 3.63) is 0 Å². The Morgan fingerprint density at radius 1 is 0.371 bits per heavy atom. The molecule has 0 rings (SSSR count). The molecule has 9 nitrogen and oxygen atoms in total. The van der Waals surface area contributed by atoms with Crippen LogP contribution in [0.5, 0.6) is 0 Å². The van der Waals surface area contributed by atoms with Gasteiger partial charge in [0.05, 0.1) is 106 Å². The van der Waals surface area contributed by atoms with Crippen LogP contribution in [0.1, 0.15) is 25.7 Å². The minimum absolute atomic E-state index is 0.313. The van der Waals surface area contributed by atoms with Crippen LogP contribution in [0.3, 0.4) is 0 Å². The van der Waals surface area contributed by atoms with E-state index in [1.807, 2.05) is 0 Å². The lowest BCUT2D eigenvalue weighted by Gasteiger charge is -2.08. The molecule has 0 aromatic heterocycles. The number of terminal acetylenes is 1. The highest BCUT2D eigenvalue weighted by molar-refractivity contribution is 6.17. The van der Waals surface area contributed by atoms with E-state index in [4.69, 9.17) is 60.7 Å². The van der Waals surface area contributed by atoms with E-state index in [0.717, 1.165) is 25.3 Å². The summed E-state index contributed by atoms with van der Waals surface area (Å²) in [5.41, 5.74) is 0. The van der Waals surface area contributed by atoms with Gasteiger partial charge in [0.15, 0.2) is 0 Å². The maximum atomic E-state index is 5.64. The summed E-state index contributed by atoms with van der Waals surface area (Å²) in [6, 6.07) is 0. The normalized spacial score (nSPS) is 11.2. The van der Waals surface area contributed by atoms with Crippen LogP contribution in [0, 0.1) is 12.3 Å². The van der Waals surface area contributed by atoms with E-state index in [2.05, 4.69) is 5.92 Å². The number of hydrogen-bond donors (Lipinski definition) is 0. The van der Waals surface area contributed by atoms with Crippen LogP contribution in [0.4, 0.5) is 0 Å². The van der Waals surface area contributed by atoms with Crippen molar-refractivity contribution in [2.45, 2.75) is 25.7 Å². The Balaban J connectivity index is 3.00. The van der Waals surface area contributed by atoms with E-state index < -0.39 is 0 Å². The minimum atomic E-state index is 0.313. The van der Waals surface area contributed by atoms with Crippen LogP contribution in [0.25, 0.3) is 0 Å². The van der Waals surface area contributed by atoms with Crippen molar-refractivity contribution in [3.63, 3.8) is 0 Å². The third kappa shape index (κ3) is 33.5. The van der Waals surface area contributed by atoms with Gasteiger partial charge in [0.1, 0.15) is 6.61 Å². The smallest absolute Gasteiger partial charge is 0.107 e. The SMILES string of the molecule is C#CCOCCOCCOCCOCCOCCOCCOCCOCCOCCCCCCCl. The summed E-state index contributed by atoms with van der Waals surface area (Å²) in [6.45, 7) is 9.69. The van der Waals surface area contributed by atoms with Gasteiger partial charge in [0.2, 0.25) is 0 Å². The van der Waals surface area contributed by atoms with Crippen LogP contribution in [-0.2, 0) is 42.6 Å². The van der Waals surface area contributed by atoms with Gasteiger partial charge in [-0.05, 0) is 12.8 Å². The largest absolute Gasteiger partial charge is 0.379 e. The van der Waals surface area contributed by atoms with E-state index in [-0.39, 0.29) is 0 Å². The van der Waals surface area contributed by atoms with Gasteiger partial charge in [-0.2, -0.15) is 0 Å². The van der Waals surface area contributed by atoms with E-state index in [0.29, 0.717) is 112 Å². The van der Waals surface area contributed by atoms with Crippen molar-refractivity contribution in [1.82, 2.24) is 0 Å². The second kappa shape index (κ2) is 33.5. The summed E-state index contributed by atoms with van der Waals surface area (Å²) in [5, 5.41) is 0. The molecule has 0 amide bonds. The summed E-state index contributed by atoms with van der Waals surface area (Å²) in [5.74, 6) is 3.14. The highest BCUT2D eigenvalue weighted by atomic mass is 35.5. The molecule has 0 N–H and O–H groups in total. The molecule has 0 spiro atoms. The first-order valence-corrected chi connectivity index (χ1v) is 13.1. The van der Waals surface area contributed by atoms with Crippen molar-refractivity contribution in [3.8, 4) is 12.3 Å². The molecule has 0 radical (unpaired) electrons. The third-order valence-corrected chi connectivity index (χ3v) is 4.60. The summed E-state index contributed by atoms with van der Waals surface area (Å²) in [6.07, 6.45) is 9.58. The van der Waals surface area contributed by atoms with Crippen LogP contribution in [0.2, 0.25) is 0 Å². The van der Waals surface area contributed by atoms with E-state index in [9.17, 15) is 0 Å². The summed E-state index contributed by atoms with van der Waals surface area (Å²) < 4.78 is 48.6. The molecular weight excluding hydrogens is 480 g/mol. The van der Waals surface area contributed by atoms with Crippen LogP contribution in [-0.4, -0.2) is 125 Å². The summed E-state index contributed by atoms with van der Waals surface area (Å²) in [7, 11) is 0. The standard InChI is InChI=1S/C25H47ClO9/c1-2-8-27-10-12-29-14-16-31-18-20-33-22-24-35-25-23-34-21-19-32-17-15-30-13-11-28-9-6-4-3-5-7-26/h1H,3-25H2. The van der Waals surface area contributed by atoms with Crippen LogP contribution in [0.15, 0.2) is 0 Å². The molecule has 0 fully saturated rings. The molecule has 10 heteroatoms. The highest BCUT2D eigenvalue weighted by Gasteiger charge is 1.96. The Morgan fingerprint density at radius 3 is 0.971 bits per heavy atom. The highest BCUT2D eigenvalue weighted by Crippen LogP contribution is 2.01. The van der Waals surface area contributed by atoms with Gasteiger partial charge in [-0.1, -0.05) is 18.8 Å². The molecule has 0 bridgehead atoms. The maximum absolute atomic E-state index is 5.64. The molecule has 0 aromatic carbocycles. The van der Waals surface area contributed by atoms with Crippen LogP contribution < -0.4 is 0 Å². The number of hydrogen-bond acceptors (Lipinski definition) is 9. The zero-order valence-electron chi connectivity index (χ0n) is 21.4. The van der Waals surface area contributed by atoms with Crippen molar-refractivity contribution >= 4 is 11.6 Å². The van der Waals surface area contributed by atoms with Gasteiger partial charge in [0.25, 0.3) is 0 Å². The molecule has 0 saturated carbocycles. The maximum Gasteiger partial charge on any atom is 0.107 e. The zero-order chi connectivity index (χ0) is 25.3. The lowest BCUT2D eigenvalue weighted by Crippen LogP contribution is -2.15. The van der Waals surface area contributed by atoms with Crippen molar-refractivity contribution < 1.29 is 42.6 Å². The zero-order valence-corrected chi connectivity index (χ0v) is 22.1. The Hall–Kier alpha value is -0.510. The molecule has 0 aromatic rings. The second-order valence-corrected chi connectivity index (χ2v) is 7.64. The van der Waals surface area contributed by atoms with E-state index in [1.54, 1.807) is 0 Å². The minimum Gasteiger partial charge on any atom is -0.379 e. The fourth-order valence-corrected chi connectivity index (χ4v) is 2.73. The van der Waals surface area contributed by atoms with E-state index in [1.165, 1.54) is 12.8 Å². The number of rotatable bonds is 31. The second-order valence-electron chi connectivity index (χ2n) is 7.26. The summed E-state index contributed by atoms with van der Waals surface area (Å²) in [4.78, 5) is 0. The number of alkyl halides is 1. The monoisotopic (exact) mass is 526 g/mol. The Labute approximate surface area is 217 Å². The van der Waals surface area contributed by atoms with Gasteiger partial charge in [-0.25, -0.2) is 0 Å². The fraction of sp³-hybridized carbons (Fsp3) is 0.920.